The van der Waals surface area contributed by atoms with Gasteiger partial charge in [-0.2, -0.15) is 0 Å². The monoisotopic (exact) mass is 434 g/mol. The number of hydrogen-bond acceptors (Lipinski definition) is 4. The Kier molecular flexibility index (Phi) is 9.84. The van der Waals surface area contributed by atoms with E-state index in [-0.39, 0.29) is 31.4 Å². The molecule has 2 heterocycles. The summed E-state index contributed by atoms with van der Waals surface area (Å²) in [4.78, 5) is 13.0. The third kappa shape index (κ3) is 6.14. The van der Waals surface area contributed by atoms with E-state index in [2.05, 4.69) is 24.3 Å². The fourth-order valence-corrected chi connectivity index (χ4v) is 4.46. The van der Waals surface area contributed by atoms with Gasteiger partial charge in [-0.1, -0.05) is 0 Å². The van der Waals surface area contributed by atoms with E-state index in [9.17, 15) is 4.79 Å². The van der Waals surface area contributed by atoms with Gasteiger partial charge < -0.3 is 24.5 Å². The number of nitrogens with zero attached hydrogens (tertiary/aromatic N) is 2. The van der Waals surface area contributed by atoms with Crippen molar-refractivity contribution >= 4 is 36.5 Å². The Bertz CT molecular complexity index is 599. The molecule has 0 aromatic heterocycles. The number of aliphatic carboxylic acids is 1. The maximum Gasteiger partial charge on any atom is 0.341 e. The zero-order valence-corrected chi connectivity index (χ0v) is 18.4. The molecule has 2 aliphatic rings. The first kappa shape index (κ1) is 24.8. The number of carboxylic acid groups (broad SMARTS) is 1. The molecule has 0 saturated carbocycles. The van der Waals surface area contributed by atoms with Gasteiger partial charge in [-0.25, -0.2) is 4.79 Å². The van der Waals surface area contributed by atoms with Gasteiger partial charge in [-0.15, -0.1) is 24.8 Å². The van der Waals surface area contributed by atoms with E-state index in [1.54, 1.807) is 0 Å². The quantitative estimate of drug-likeness (QED) is 0.673. The van der Waals surface area contributed by atoms with Gasteiger partial charge in [0.05, 0.1) is 26.2 Å². The van der Waals surface area contributed by atoms with Gasteiger partial charge in [0, 0.05) is 57.5 Å². The Morgan fingerprint density at radius 3 is 2.14 bits per heavy atom. The fraction of sp³-hybridized carbons (Fsp3) is 0.650. The third-order valence-electron chi connectivity index (χ3n) is 6.22. The molecule has 0 bridgehead atoms. The van der Waals surface area contributed by atoms with Crippen LogP contribution in [0.2, 0.25) is 0 Å². The number of ether oxygens (including phenoxy) is 1. The molecule has 0 radical (unpaired) electrons. The lowest BCUT2D eigenvalue weighted by Crippen LogP contribution is -2.61. The lowest BCUT2D eigenvalue weighted by molar-refractivity contribution is -0.940. The van der Waals surface area contributed by atoms with Crippen LogP contribution in [0.15, 0.2) is 24.3 Å². The minimum absolute atomic E-state index is 0. The van der Waals surface area contributed by atoms with Crippen molar-refractivity contribution in [1.29, 1.82) is 0 Å². The summed E-state index contributed by atoms with van der Waals surface area (Å²) in [6, 6.07) is 9.29. The topological polar surface area (TPSA) is 61.8 Å². The molecule has 8 heteroatoms. The summed E-state index contributed by atoms with van der Waals surface area (Å²) in [7, 11) is 4.84. The van der Waals surface area contributed by atoms with Crippen LogP contribution < -0.4 is 15.0 Å². The summed E-state index contributed by atoms with van der Waals surface area (Å²) >= 11 is 0. The van der Waals surface area contributed by atoms with Gasteiger partial charge in [0.1, 0.15) is 5.75 Å². The van der Waals surface area contributed by atoms with Crippen LogP contribution in [-0.4, -0.2) is 74.5 Å². The smallest absolute Gasteiger partial charge is 0.341 e. The number of hydrogen-bond donors (Lipinski definition) is 2. The lowest BCUT2D eigenvalue weighted by atomic mass is 9.94. The molecule has 3 rings (SSSR count). The van der Waals surface area contributed by atoms with Crippen molar-refractivity contribution in [2.45, 2.75) is 37.8 Å². The van der Waals surface area contributed by atoms with Crippen LogP contribution in [0, 0.1) is 0 Å². The fourth-order valence-electron chi connectivity index (χ4n) is 4.46. The second-order valence-corrected chi connectivity index (χ2v) is 8.00. The summed E-state index contributed by atoms with van der Waals surface area (Å²) in [6.07, 6.45) is 5.00. The zero-order valence-electron chi connectivity index (χ0n) is 16.8. The van der Waals surface area contributed by atoms with E-state index < -0.39 is 5.97 Å². The van der Waals surface area contributed by atoms with Crippen LogP contribution >= 0.6 is 24.8 Å². The van der Waals surface area contributed by atoms with Gasteiger partial charge in [-0.05, 0) is 24.3 Å². The van der Waals surface area contributed by atoms with E-state index in [0.29, 0.717) is 5.75 Å². The van der Waals surface area contributed by atoms with Crippen LogP contribution in [0.3, 0.4) is 0 Å². The summed E-state index contributed by atoms with van der Waals surface area (Å²) < 4.78 is 6.36. The SMILES string of the molecule is C[N+](C)(C1CCNCC1)C1CCN(c2ccc(OCC(=O)O)cc2)CC1.Cl.Cl. The molecule has 160 valence electrons. The van der Waals surface area contributed by atoms with Crippen LogP contribution in [0.4, 0.5) is 5.69 Å². The van der Waals surface area contributed by atoms with E-state index in [4.69, 9.17) is 9.84 Å². The molecule has 1 aromatic carbocycles. The minimum Gasteiger partial charge on any atom is -0.482 e. The van der Waals surface area contributed by atoms with Crippen molar-refractivity contribution in [1.82, 2.24) is 5.32 Å². The first-order valence-electron chi connectivity index (χ1n) is 9.70. The highest BCUT2D eigenvalue weighted by Gasteiger charge is 2.38. The third-order valence-corrected chi connectivity index (χ3v) is 6.22. The number of carboxylic acids is 1. The number of rotatable bonds is 6. The predicted molar refractivity (Wildman–Crippen MR) is 117 cm³/mol. The Balaban J connectivity index is 0.00000196. The number of nitrogens with one attached hydrogen (secondary N) is 1. The van der Waals surface area contributed by atoms with Gasteiger partial charge in [0.15, 0.2) is 6.61 Å². The summed E-state index contributed by atoms with van der Waals surface area (Å²) in [5.41, 5.74) is 1.19. The zero-order chi connectivity index (χ0) is 18.6. The van der Waals surface area contributed by atoms with Crippen LogP contribution in [0.5, 0.6) is 5.75 Å². The van der Waals surface area contributed by atoms with Crippen molar-refractivity contribution in [3.8, 4) is 5.75 Å². The number of quaternary nitrogens is 1. The van der Waals surface area contributed by atoms with Crippen molar-refractivity contribution < 1.29 is 19.1 Å². The maximum atomic E-state index is 10.6. The molecule has 2 fully saturated rings. The highest BCUT2D eigenvalue weighted by atomic mass is 35.5. The number of anilines is 1. The molecule has 2 aliphatic heterocycles. The Morgan fingerprint density at radius 1 is 1.07 bits per heavy atom. The van der Waals surface area contributed by atoms with Crippen LogP contribution in [0.1, 0.15) is 25.7 Å². The van der Waals surface area contributed by atoms with Crippen molar-refractivity contribution in [3.05, 3.63) is 24.3 Å². The molecule has 2 saturated heterocycles. The van der Waals surface area contributed by atoms with Crippen molar-refractivity contribution in [2.75, 3.05) is 51.8 Å². The average molecular weight is 435 g/mol. The Hall–Kier alpha value is -1.21. The normalized spacial score (nSPS) is 18.7. The molecule has 0 aliphatic carbocycles. The minimum atomic E-state index is -0.953. The van der Waals surface area contributed by atoms with E-state index in [0.717, 1.165) is 42.7 Å². The molecule has 2 N–H and O–H groups in total. The van der Waals surface area contributed by atoms with E-state index in [1.807, 2.05) is 24.3 Å². The molecule has 6 nitrogen and oxygen atoms in total. The van der Waals surface area contributed by atoms with Gasteiger partial charge in [-0.3, -0.25) is 0 Å². The summed E-state index contributed by atoms with van der Waals surface area (Å²) in [6.45, 7) is 4.16. The van der Waals surface area contributed by atoms with Crippen LogP contribution in [-0.2, 0) is 4.79 Å². The Morgan fingerprint density at radius 2 is 1.61 bits per heavy atom. The average Bonchev–Trinajstić information content (AvgIpc) is 2.67. The molecule has 0 spiro atoms. The molecule has 0 atom stereocenters. The molecular weight excluding hydrogens is 401 g/mol. The molecule has 1 aromatic rings. The second kappa shape index (κ2) is 11.1. The molecule has 0 amide bonds. The van der Waals surface area contributed by atoms with Gasteiger partial charge in [0.2, 0.25) is 0 Å². The second-order valence-electron chi connectivity index (χ2n) is 8.00. The maximum absolute atomic E-state index is 10.6. The number of piperidine rings is 2. The number of benzene rings is 1. The summed E-state index contributed by atoms with van der Waals surface area (Å²) in [5, 5.41) is 12.2. The lowest BCUT2D eigenvalue weighted by Gasteiger charge is -2.48. The molecule has 0 unspecified atom stereocenters. The highest BCUT2D eigenvalue weighted by Crippen LogP contribution is 2.30. The summed E-state index contributed by atoms with van der Waals surface area (Å²) in [5.74, 6) is -0.347. The largest absolute Gasteiger partial charge is 0.482 e. The van der Waals surface area contributed by atoms with E-state index >= 15 is 0 Å². The van der Waals surface area contributed by atoms with Crippen LogP contribution in [0.25, 0.3) is 0 Å². The predicted octanol–water partition coefficient (Wildman–Crippen LogP) is 2.79. The van der Waals surface area contributed by atoms with E-state index in [1.165, 1.54) is 31.4 Å². The molecule has 28 heavy (non-hydrogen) atoms. The first-order valence-corrected chi connectivity index (χ1v) is 9.70. The van der Waals surface area contributed by atoms with Crippen molar-refractivity contribution in [2.24, 2.45) is 0 Å². The number of carbonyl (C=O) groups is 1. The highest BCUT2D eigenvalue weighted by molar-refractivity contribution is 5.85. The standard InChI is InChI=1S/C20H31N3O3.2ClH/c1-23(2,17-7-11-21-12-8-17)18-9-13-22(14-10-18)16-3-5-19(6-4-16)26-15-20(24)25;;/h3-6,17-18,21H,7-15H2,1-2H3;2*1H/p+1. The Labute approximate surface area is 180 Å². The first-order chi connectivity index (χ1) is 12.5. The van der Waals surface area contributed by atoms with Gasteiger partial charge in [0.25, 0.3) is 0 Å². The molecular formula is C20H34Cl2N3O3+. The van der Waals surface area contributed by atoms with Gasteiger partial charge >= 0.3 is 5.97 Å². The number of halogens is 2. The van der Waals surface area contributed by atoms with Crippen molar-refractivity contribution in [3.63, 3.8) is 0 Å².